The van der Waals surface area contributed by atoms with E-state index < -0.39 is 23.8 Å². The van der Waals surface area contributed by atoms with Crippen molar-refractivity contribution in [2.75, 3.05) is 26.2 Å². The van der Waals surface area contributed by atoms with Gasteiger partial charge in [-0.2, -0.15) is 0 Å². The second kappa shape index (κ2) is 10.4. The number of hydrogen-bond acceptors (Lipinski definition) is 7. The zero-order valence-electron chi connectivity index (χ0n) is 24.7. The van der Waals surface area contributed by atoms with Gasteiger partial charge in [0.2, 0.25) is 0 Å². The highest BCUT2D eigenvalue weighted by Crippen LogP contribution is 2.44. The number of carboxylic acid groups (broad SMARTS) is 1. The van der Waals surface area contributed by atoms with Crippen LogP contribution in [0.5, 0.6) is 0 Å². The Hall–Kier alpha value is -3.76. The van der Waals surface area contributed by atoms with Crippen LogP contribution in [-0.2, 0) is 21.7 Å². The van der Waals surface area contributed by atoms with E-state index in [1.807, 2.05) is 13.8 Å². The molecule has 0 radical (unpaired) electrons. The summed E-state index contributed by atoms with van der Waals surface area (Å²) in [5, 5.41) is 21.0. The molecule has 1 amide bonds. The fourth-order valence-corrected chi connectivity index (χ4v) is 7.89. The van der Waals surface area contributed by atoms with Crippen molar-refractivity contribution in [1.29, 1.82) is 0 Å². The quantitative estimate of drug-likeness (QED) is 0.338. The molecule has 0 saturated carbocycles. The van der Waals surface area contributed by atoms with Crippen LogP contribution in [0.3, 0.4) is 0 Å². The number of benzene rings is 1. The van der Waals surface area contributed by atoms with E-state index in [1.54, 1.807) is 10.6 Å². The lowest BCUT2D eigenvalue weighted by Crippen LogP contribution is -2.48. The molecule has 2 saturated heterocycles. The highest BCUT2D eigenvalue weighted by atomic mass is 16.6. The second-order valence-corrected chi connectivity index (χ2v) is 12.5. The number of rotatable bonds is 4. The van der Waals surface area contributed by atoms with Crippen molar-refractivity contribution in [3.8, 4) is 11.4 Å². The van der Waals surface area contributed by atoms with Gasteiger partial charge < -0.3 is 29.3 Å². The minimum Gasteiger partial charge on any atom is -0.465 e. The maximum absolute atomic E-state index is 13.9. The fraction of sp³-hybridized carbons (Fsp3) is 0.515. The Labute approximate surface area is 249 Å². The third kappa shape index (κ3) is 4.45. The van der Waals surface area contributed by atoms with Crippen molar-refractivity contribution in [2.45, 2.75) is 82.6 Å². The third-order valence-corrected chi connectivity index (χ3v) is 10.5. The number of carbonyl (C=O) groups excluding carboxylic acids is 1. The summed E-state index contributed by atoms with van der Waals surface area (Å²) < 4.78 is 7.38. The molecule has 0 spiro atoms. The molecule has 4 aliphatic heterocycles. The Morgan fingerprint density at radius 2 is 1.74 bits per heavy atom. The zero-order valence-corrected chi connectivity index (χ0v) is 24.7. The van der Waals surface area contributed by atoms with E-state index in [9.17, 15) is 24.6 Å². The summed E-state index contributed by atoms with van der Waals surface area (Å²) in [6.45, 7) is 7.43. The topological polar surface area (TPSA) is 125 Å². The van der Waals surface area contributed by atoms with Gasteiger partial charge >= 0.3 is 12.1 Å². The molecule has 2 fully saturated rings. The first-order chi connectivity index (χ1) is 20.7. The van der Waals surface area contributed by atoms with Crippen LogP contribution in [0.1, 0.15) is 86.6 Å². The molecular weight excluding hydrogens is 548 g/mol. The van der Waals surface area contributed by atoms with Crippen molar-refractivity contribution < 1.29 is 24.5 Å². The van der Waals surface area contributed by atoms with Gasteiger partial charge in [-0.05, 0) is 87.4 Å². The molecule has 226 valence electrons. The summed E-state index contributed by atoms with van der Waals surface area (Å²) in [5.41, 5.74) is 3.88. The molecule has 3 aromatic rings. The summed E-state index contributed by atoms with van der Waals surface area (Å²) in [4.78, 5) is 46.8. The molecule has 0 bridgehead atoms. The zero-order chi connectivity index (χ0) is 30.0. The van der Waals surface area contributed by atoms with Gasteiger partial charge in [-0.15, -0.1) is 0 Å². The second-order valence-electron chi connectivity index (χ2n) is 12.5. The van der Waals surface area contributed by atoms with Crippen LogP contribution >= 0.6 is 0 Å². The van der Waals surface area contributed by atoms with E-state index in [2.05, 4.69) is 29.2 Å². The molecule has 1 atom stereocenters. The number of hydrogen-bond donors (Lipinski definition) is 2. The van der Waals surface area contributed by atoms with Crippen LogP contribution in [-0.4, -0.2) is 73.8 Å². The Morgan fingerprint density at radius 3 is 2.42 bits per heavy atom. The van der Waals surface area contributed by atoms with Gasteiger partial charge in [0.25, 0.3) is 5.56 Å². The molecule has 10 heteroatoms. The molecule has 1 aromatic carbocycles. The Bertz CT molecular complexity index is 1680. The smallest absolute Gasteiger partial charge is 0.407 e. The number of amides is 1. The number of nitrogens with zero attached hydrogens (tertiary/aromatic N) is 4. The van der Waals surface area contributed by atoms with Crippen molar-refractivity contribution >= 4 is 23.0 Å². The maximum atomic E-state index is 13.9. The number of carbonyl (C=O) groups is 2. The SMILES string of the molecule is CCC1(CC)OC(=O)[C@@H](O)c2cc3n(c(=O)c21)Cc1cc2cc(C4CCN(C5CCN(C(=O)O)CC5)CC4)ccc2nc1-3. The first-order valence-corrected chi connectivity index (χ1v) is 15.6. The molecule has 0 aliphatic carbocycles. The van der Waals surface area contributed by atoms with Crippen molar-refractivity contribution in [3.63, 3.8) is 0 Å². The molecule has 2 aromatic heterocycles. The average Bonchev–Trinajstić information content (AvgIpc) is 3.39. The van der Waals surface area contributed by atoms with Gasteiger partial charge in [-0.25, -0.2) is 14.6 Å². The van der Waals surface area contributed by atoms with Crippen LogP contribution < -0.4 is 5.56 Å². The number of fused-ring (bicyclic) bond motifs is 5. The van der Waals surface area contributed by atoms with Gasteiger partial charge in [-0.1, -0.05) is 19.9 Å². The Kier molecular flexibility index (Phi) is 6.81. The third-order valence-electron chi connectivity index (χ3n) is 10.5. The van der Waals surface area contributed by atoms with Gasteiger partial charge in [0.05, 0.1) is 29.0 Å². The normalized spacial score (nSPS) is 22.3. The first kappa shape index (κ1) is 28.0. The van der Waals surface area contributed by atoms with Gasteiger partial charge in [0.15, 0.2) is 6.10 Å². The van der Waals surface area contributed by atoms with E-state index in [4.69, 9.17) is 9.72 Å². The number of esters is 1. The molecule has 4 aliphatic rings. The predicted octanol–water partition coefficient (Wildman–Crippen LogP) is 4.35. The molecule has 0 unspecified atom stereocenters. The van der Waals surface area contributed by atoms with E-state index in [0.29, 0.717) is 67.0 Å². The van der Waals surface area contributed by atoms with E-state index in [-0.39, 0.29) is 5.56 Å². The average molecular weight is 587 g/mol. The van der Waals surface area contributed by atoms with Gasteiger partial charge in [0, 0.05) is 35.6 Å². The lowest BCUT2D eigenvalue weighted by Gasteiger charge is -2.41. The lowest BCUT2D eigenvalue weighted by atomic mass is 9.82. The maximum Gasteiger partial charge on any atom is 0.407 e. The first-order valence-electron chi connectivity index (χ1n) is 15.6. The minimum absolute atomic E-state index is 0.231. The number of piperidine rings is 2. The van der Waals surface area contributed by atoms with Crippen LogP contribution in [0.15, 0.2) is 35.1 Å². The molecule has 43 heavy (non-hydrogen) atoms. The monoisotopic (exact) mass is 586 g/mol. The number of pyridine rings is 2. The predicted molar refractivity (Wildman–Crippen MR) is 160 cm³/mol. The molecular formula is C33H38N4O6. The lowest BCUT2D eigenvalue weighted by molar-refractivity contribution is -0.177. The van der Waals surface area contributed by atoms with Crippen LogP contribution in [0.25, 0.3) is 22.3 Å². The highest BCUT2D eigenvalue weighted by molar-refractivity contribution is 5.86. The van der Waals surface area contributed by atoms with Crippen molar-refractivity contribution in [3.05, 3.63) is 62.9 Å². The summed E-state index contributed by atoms with van der Waals surface area (Å²) in [6, 6.07) is 10.8. The molecule has 6 heterocycles. The van der Waals surface area contributed by atoms with Crippen LogP contribution in [0, 0.1) is 0 Å². The highest BCUT2D eigenvalue weighted by Gasteiger charge is 2.47. The molecule has 7 rings (SSSR count). The summed E-state index contributed by atoms with van der Waals surface area (Å²) in [7, 11) is 0. The number of aromatic nitrogens is 2. The van der Waals surface area contributed by atoms with Crippen molar-refractivity contribution in [1.82, 2.24) is 19.4 Å². The minimum atomic E-state index is -1.49. The van der Waals surface area contributed by atoms with Crippen LogP contribution in [0.2, 0.25) is 0 Å². The summed E-state index contributed by atoms with van der Waals surface area (Å²) in [5.74, 6) is -0.262. The van der Waals surface area contributed by atoms with E-state index in [1.165, 1.54) is 10.5 Å². The number of ether oxygens (including phenoxy) is 1. The van der Waals surface area contributed by atoms with E-state index >= 15 is 0 Å². The fourth-order valence-electron chi connectivity index (χ4n) is 7.89. The van der Waals surface area contributed by atoms with Gasteiger partial charge in [0.1, 0.15) is 5.60 Å². The van der Waals surface area contributed by atoms with Crippen LogP contribution in [0.4, 0.5) is 4.79 Å². The largest absolute Gasteiger partial charge is 0.465 e. The molecule has 10 nitrogen and oxygen atoms in total. The number of likely N-dealkylation sites (tertiary alicyclic amines) is 2. The van der Waals surface area contributed by atoms with Crippen molar-refractivity contribution in [2.24, 2.45) is 0 Å². The van der Waals surface area contributed by atoms with E-state index in [0.717, 1.165) is 55.2 Å². The van der Waals surface area contributed by atoms with Gasteiger partial charge in [-0.3, -0.25) is 4.79 Å². The summed E-state index contributed by atoms with van der Waals surface area (Å²) in [6.07, 6.45) is 2.52. The Morgan fingerprint density at radius 1 is 1.02 bits per heavy atom. The number of cyclic esters (lactones) is 1. The molecule has 2 N–H and O–H groups in total. The Balaban J connectivity index is 1.14. The standard InChI is InChI=1S/C33H38N4O6/c1-3-33(4-2)27-24(29(38)31(40)43-33)17-26-28-22(18-37(26)30(27)39)16-21-15-20(5-6-25(21)34-28)19-7-11-35(12-8-19)23-9-13-36(14-10-23)32(41)42/h5-6,15-17,19,23,29,38H,3-4,7-14,18H2,1-2H3,(H,41,42)/t29-/m0/s1. The summed E-state index contributed by atoms with van der Waals surface area (Å²) >= 11 is 0. The number of aliphatic hydroxyl groups is 1. The number of aliphatic hydroxyl groups excluding tert-OH is 1.